The molecule has 0 unspecified atom stereocenters. The highest BCUT2D eigenvalue weighted by molar-refractivity contribution is 7.26. The summed E-state index contributed by atoms with van der Waals surface area (Å²) in [5, 5.41) is 2.60. The Morgan fingerprint density at radius 2 is 0.964 bits per heavy atom. The van der Waals surface area contributed by atoms with E-state index in [2.05, 4.69) is 195 Å². The molecule has 0 N–H and O–H groups in total. The molecule has 2 heteroatoms. The minimum Gasteiger partial charge on any atom is -0.309 e. The number of anilines is 3. The van der Waals surface area contributed by atoms with E-state index in [1.165, 1.54) is 104 Å². The van der Waals surface area contributed by atoms with Gasteiger partial charge in [0.25, 0.3) is 0 Å². The van der Waals surface area contributed by atoms with Crippen molar-refractivity contribution in [2.45, 2.75) is 32.1 Å². The van der Waals surface area contributed by atoms with Crippen molar-refractivity contribution < 1.29 is 0 Å². The van der Waals surface area contributed by atoms with Gasteiger partial charge in [-0.2, -0.15) is 0 Å². The first kappa shape index (κ1) is 32.2. The fourth-order valence-corrected chi connectivity index (χ4v) is 11.1. The molecule has 1 aromatic heterocycles. The molecule has 1 spiro atoms. The average molecular weight is 722 g/mol. The predicted octanol–water partition coefficient (Wildman–Crippen LogP) is 14.7. The Bertz CT molecular complexity index is 2920. The summed E-state index contributed by atoms with van der Waals surface area (Å²) in [6.07, 6.45) is 1.91. The number of nitrogens with zero attached hydrogens (tertiary/aromatic N) is 1. The van der Waals surface area contributed by atoms with E-state index in [0.717, 1.165) is 12.8 Å². The van der Waals surface area contributed by atoms with Gasteiger partial charge in [0.1, 0.15) is 0 Å². The average Bonchev–Trinajstić information content (AvgIpc) is 3.88. The van der Waals surface area contributed by atoms with E-state index in [4.69, 9.17) is 0 Å². The van der Waals surface area contributed by atoms with Crippen LogP contribution in [0.3, 0.4) is 0 Å². The largest absolute Gasteiger partial charge is 0.309 e. The zero-order valence-electron chi connectivity index (χ0n) is 31.0. The number of thiophene rings is 1. The number of benzene rings is 8. The van der Waals surface area contributed by atoms with Crippen molar-refractivity contribution in [3.8, 4) is 33.4 Å². The Labute approximate surface area is 326 Å². The van der Waals surface area contributed by atoms with Gasteiger partial charge in [-0.05, 0) is 110 Å². The van der Waals surface area contributed by atoms with Crippen LogP contribution in [0.5, 0.6) is 0 Å². The lowest BCUT2D eigenvalue weighted by Gasteiger charge is -2.33. The van der Waals surface area contributed by atoms with Crippen LogP contribution in [0.2, 0.25) is 0 Å². The molecule has 2 aliphatic rings. The van der Waals surface area contributed by atoms with Crippen molar-refractivity contribution >= 4 is 48.6 Å². The Hall–Kier alpha value is -6.22. The molecule has 8 aromatic carbocycles. The van der Waals surface area contributed by atoms with Crippen molar-refractivity contribution in [1.82, 2.24) is 0 Å². The van der Waals surface area contributed by atoms with Crippen LogP contribution >= 0.6 is 11.3 Å². The molecule has 262 valence electrons. The molecular weight excluding hydrogens is 683 g/mol. The normalized spacial score (nSPS) is 13.2. The smallest absolute Gasteiger partial charge is 0.0726 e. The Morgan fingerprint density at radius 3 is 1.65 bits per heavy atom. The molecule has 1 nitrogen and oxygen atoms in total. The number of hydrogen-bond acceptors (Lipinski definition) is 2. The lowest BCUT2D eigenvalue weighted by Crippen LogP contribution is -2.26. The van der Waals surface area contributed by atoms with Gasteiger partial charge in [0.15, 0.2) is 0 Å². The van der Waals surface area contributed by atoms with Gasteiger partial charge in [0.05, 0.1) is 16.8 Å². The molecule has 0 fully saturated rings. The van der Waals surface area contributed by atoms with E-state index in [9.17, 15) is 0 Å². The first-order chi connectivity index (χ1) is 27.2. The van der Waals surface area contributed by atoms with Crippen molar-refractivity contribution in [1.29, 1.82) is 0 Å². The van der Waals surface area contributed by atoms with Gasteiger partial charge >= 0.3 is 0 Å². The van der Waals surface area contributed by atoms with Gasteiger partial charge in [-0.1, -0.05) is 153 Å². The third-order valence-corrected chi connectivity index (χ3v) is 13.4. The van der Waals surface area contributed by atoms with Crippen LogP contribution in [-0.2, 0) is 18.3 Å². The molecule has 0 saturated carbocycles. The van der Waals surface area contributed by atoms with Crippen LogP contribution < -0.4 is 4.90 Å². The molecule has 0 atom stereocenters. The number of hydrogen-bond donors (Lipinski definition) is 0. The fourth-order valence-electron chi connectivity index (χ4n) is 10.0. The van der Waals surface area contributed by atoms with Gasteiger partial charge in [-0.3, -0.25) is 0 Å². The van der Waals surface area contributed by atoms with Crippen LogP contribution in [-0.4, -0.2) is 0 Å². The van der Waals surface area contributed by atoms with Crippen LogP contribution in [0.4, 0.5) is 17.1 Å². The van der Waals surface area contributed by atoms with Crippen LogP contribution in [0.25, 0.3) is 53.6 Å². The van der Waals surface area contributed by atoms with E-state index in [1.54, 1.807) is 0 Å². The van der Waals surface area contributed by atoms with Gasteiger partial charge in [-0.15, -0.1) is 11.3 Å². The maximum absolute atomic E-state index is 2.59. The third-order valence-electron chi connectivity index (χ3n) is 12.3. The molecule has 0 radical (unpaired) electrons. The van der Waals surface area contributed by atoms with Crippen LogP contribution in [0.15, 0.2) is 176 Å². The molecule has 55 heavy (non-hydrogen) atoms. The Balaban J connectivity index is 1.26. The topological polar surface area (TPSA) is 3.24 Å². The molecule has 0 amide bonds. The van der Waals surface area contributed by atoms with Crippen LogP contribution in [0, 0.1) is 0 Å². The second-order valence-electron chi connectivity index (χ2n) is 14.9. The number of fused-ring (bicyclic) bond motifs is 13. The molecule has 2 aliphatic carbocycles. The summed E-state index contributed by atoms with van der Waals surface area (Å²) >= 11 is 1.88. The zero-order valence-corrected chi connectivity index (χ0v) is 31.8. The van der Waals surface area contributed by atoms with Crippen molar-refractivity contribution in [3.63, 3.8) is 0 Å². The minimum atomic E-state index is -0.426. The first-order valence-corrected chi connectivity index (χ1v) is 20.4. The lowest BCUT2D eigenvalue weighted by atomic mass is 9.70. The second kappa shape index (κ2) is 12.4. The van der Waals surface area contributed by atoms with Crippen molar-refractivity contribution in [3.05, 3.63) is 209 Å². The summed E-state index contributed by atoms with van der Waals surface area (Å²) in [6, 6.07) is 66.4. The summed E-state index contributed by atoms with van der Waals surface area (Å²) in [5.41, 5.74) is 19.2. The fraction of sp³-hybridized carbons (Fsp3) is 0.0943. The van der Waals surface area contributed by atoms with E-state index in [0.29, 0.717) is 0 Å². The van der Waals surface area contributed by atoms with Gasteiger partial charge in [-0.25, -0.2) is 0 Å². The highest BCUT2D eigenvalue weighted by Gasteiger charge is 2.51. The Morgan fingerprint density at radius 1 is 0.436 bits per heavy atom. The highest BCUT2D eigenvalue weighted by Crippen LogP contribution is 2.63. The second-order valence-corrected chi connectivity index (χ2v) is 16.0. The summed E-state index contributed by atoms with van der Waals surface area (Å²) in [6.45, 7) is 4.57. The first-order valence-electron chi connectivity index (χ1n) is 19.6. The van der Waals surface area contributed by atoms with E-state index >= 15 is 0 Å². The monoisotopic (exact) mass is 721 g/mol. The number of rotatable bonds is 6. The van der Waals surface area contributed by atoms with Gasteiger partial charge in [0.2, 0.25) is 0 Å². The molecule has 0 saturated heterocycles. The number of aryl methyl sites for hydroxylation is 2. The van der Waals surface area contributed by atoms with E-state index in [1.807, 2.05) is 11.3 Å². The van der Waals surface area contributed by atoms with Crippen molar-refractivity contribution in [2.24, 2.45) is 0 Å². The minimum absolute atomic E-state index is 0.426. The quantitative estimate of drug-likeness (QED) is 0.165. The van der Waals surface area contributed by atoms with Crippen molar-refractivity contribution in [2.75, 3.05) is 4.90 Å². The maximum atomic E-state index is 2.59. The summed E-state index contributed by atoms with van der Waals surface area (Å²) in [7, 11) is 0. The maximum Gasteiger partial charge on any atom is 0.0726 e. The lowest BCUT2D eigenvalue weighted by molar-refractivity contribution is 0.793. The van der Waals surface area contributed by atoms with E-state index < -0.39 is 5.41 Å². The van der Waals surface area contributed by atoms with Gasteiger partial charge < -0.3 is 4.90 Å². The predicted molar refractivity (Wildman–Crippen MR) is 235 cm³/mol. The summed E-state index contributed by atoms with van der Waals surface area (Å²) in [4.78, 5) is 2.59. The molecule has 11 rings (SSSR count). The zero-order chi connectivity index (χ0) is 36.7. The molecular formula is C53H39NS. The molecule has 9 aromatic rings. The van der Waals surface area contributed by atoms with Gasteiger partial charge in [0, 0.05) is 31.4 Å². The molecule has 0 aliphatic heterocycles. The molecule has 1 heterocycles. The summed E-state index contributed by atoms with van der Waals surface area (Å²) < 4.78 is 2.61. The SMILES string of the molecule is CCc1ccccc1-c1c(CC)cccc1N(c1ccc2c(c1)C1(c3ccccc3-c3ccccc31)c1ccccc1-2)c1cccc2sc3ccccc3c12. The Kier molecular flexibility index (Phi) is 7.27. The highest BCUT2D eigenvalue weighted by atomic mass is 32.1. The summed E-state index contributed by atoms with van der Waals surface area (Å²) in [5.74, 6) is 0. The third kappa shape index (κ3) is 4.46. The van der Waals surface area contributed by atoms with Crippen LogP contribution in [0.1, 0.15) is 47.2 Å². The standard InChI is InChI=1S/C53H39NS/c1-3-34-17-5-6-19-37(34)51-35(4-2)18-15-27-47(51)54(48-28-16-30-50-52(48)42-23-10-14-29-49(42)55-50)36-31-32-41-40-22-9-13-26-45(40)53(46(41)33-36)43-24-11-7-20-38(43)39-21-8-12-25-44(39)53/h5-33H,3-4H2,1-2H3. The van der Waals surface area contributed by atoms with E-state index in [-0.39, 0.29) is 0 Å². The molecule has 0 bridgehead atoms.